The van der Waals surface area contributed by atoms with Crippen molar-refractivity contribution < 1.29 is 14.7 Å². The second kappa shape index (κ2) is 6.18. The van der Waals surface area contributed by atoms with Crippen LogP contribution in [0, 0.1) is 0 Å². The van der Waals surface area contributed by atoms with E-state index in [4.69, 9.17) is 5.11 Å². The number of nitrogens with zero attached hydrogens (tertiary/aromatic N) is 2. The highest BCUT2D eigenvalue weighted by Gasteiger charge is 2.21. The van der Waals surface area contributed by atoms with Crippen molar-refractivity contribution in [3.8, 4) is 0 Å². The van der Waals surface area contributed by atoms with Crippen LogP contribution in [0.3, 0.4) is 0 Å². The third kappa shape index (κ3) is 3.14. The lowest BCUT2D eigenvalue weighted by atomic mass is 10.1. The summed E-state index contributed by atoms with van der Waals surface area (Å²) in [4.78, 5) is 27.3. The maximum atomic E-state index is 12.0. The summed E-state index contributed by atoms with van der Waals surface area (Å²) in [6, 6.07) is 4.57. The van der Waals surface area contributed by atoms with E-state index >= 15 is 0 Å². The highest BCUT2D eigenvalue weighted by atomic mass is 16.4. The normalized spacial score (nSPS) is 12.2. The van der Waals surface area contributed by atoms with E-state index in [9.17, 15) is 9.59 Å². The van der Waals surface area contributed by atoms with E-state index in [1.165, 1.54) is 0 Å². The van der Waals surface area contributed by atoms with E-state index in [0.717, 1.165) is 12.8 Å². The topological polar surface area (TPSA) is 83.7 Å². The zero-order valence-electron chi connectivity index (χ0n) is 11.2. The van der Waals surface area contributed by atoms with Crippen LogP contribution in [0.15, 0.2) is 30.6 Å². The van der Waals surface area contributed by atoms with Crippen molar-refractivity contribution >= 4 is 17.5 Å². The highest BCUT2D eigenvalue weighted by Crippen LogP contribution is 2.06. The quantitative estimate of drug-likeness (QED) is 0.840. The first-order chi connectivity index (χ1) is 9.61. The number of amides is 1. The minimum absolute atomic E-state index is 0.221. The molecule has 0 spiro atoms. The molecule has 0 aliphatic rings. The van der Waals surface area contributed by atoms with Gasteiger partial charge >= 0.3 is 5.97 Å². The number of imidazole rings is 1. The lowest BCUT2D eigenvalue weighted by Crippen LogP contribution is -2.40. The zero-order chi connectivity index (χ0) is 14.5. The van der Waals surface area contributed by atoms with E-state index in [0.29, 0.717) is 12.1 Å². The van der Waals surface area contributed by atoms with Crippen LogP contribution in [0.25, 0.3) is 5.65 Å². The van der Waals surface area contributed by atoms with E-state index in [1.54, 1.807) is 22.9 Å². The van der Waals surface area contributed by atoms with Crippen molar-refractivity contribution in [1.29, 1.82) is 0 Å². The molecule has 0 fully saturated rings. The fourth-order valence-corrected chi connectivity index (χ4v) is 1.94. The molecule has 20 heavy (non-hydrogen) atoms. The molecule has 1 unspecified atom stereocenters. The molecule has 2 heterocycles. The summed E-state index contributed by atoms with van der Waals surface area (Å²) in [6.07, 6.45) is 5.43. The fraction of sp³-hybridized carbons (Fsp3) is 0.357. The van der Waals surface area contributed by atoms with Gasteiger partial charge in [-0.3, -0.25) is 4.79 Å². The van der Waals surface area contributed by atoms with Gasteiger partial charge in [0.25, 0.3) is 5.91 Å². The SMILES string of the molecule is CCCCC(NC(=O)c1cn2ccccc2n1)C(=O)O. The van der Waals surface area contributed by atoms with Gasteiger partial charge in [-0.2, -0.15) is 0 Å². The molecule has 106 valence electrons. The highest BCUT2D eigenvalue weighted by molar-refractivity contribution is 5.95. The molecule has 2 rings (SSSR count). The maximum Gasteiger partial charge on any atom is 0.326 e. The number of carboxylic acid groups (broad SMARTS) is 1. The third-order valence-electron chi connectivity index (χ3n) is 3.05. The number of hydrogen-bond donors (Lipinski definition) is 2. The maximum absolute atomic E-state index is 12.0. The number of nitrogens with one attached hydrogen (secondary N) is 1. The minimum Gasteiger partial charge on any atom is -0.480 e. The zero-order valence-corrected chi connectivity index (χ0v) is 11.2. The Morgan fingerprint density at radius 2 is 2.25 bits per heavy atom. The number of rotatable bonds is 6. The standard InChI is InChI=1S/C14H17N3O3/c1-2-3-6-10(14(19)20)16-13(18)11-9-17-8-5-4-7-12(17)15-11/h4-5,7-10H,2-3,6H2,1H3,(H,16,18)(H,19,20). The summed E-state index contributed by atoms with van der Waals surface area (Å²) in [5.41, 5.74) is 0.872. The van der Waals surface area contributed by atoms with Crippen LogP contribution in [0.4, 0.5) is 0 Å². The van der Waals surface area contributed by atoms with Crippen LogP contribution >= 0.6 is 0 Å². The monoisotopic (exact) mass is 275 g/mol. The van der Waals surface area contributed by atoms with E-state index < -0.39 is 17.9 Å². The molecule has 0 aromatic carbocycles. The van der Waals surface area contributed by atoms with Crippen LogP contribution in [-0.2, 0) is 4.79 Å². The summed E-state index contributed by atoms with van der Waals surface area (Å²) >= 11 is 0. The third-order valence-corrected chi connectivity index (χ3v) is 3.05. The molecule has 0 saturated carbocycles. The first-order valence-corrected chi connectivity index (χ1v) is 6.59. The number of unbranched alkanes of at least 4 members (excludes halogenated alkanes) is 1. The summed E-state index contributed by atoms with van der Waals surface area (Å²) < 4.78 is 1.72. The Hall–Kier alpha value is -2.37. The molecule has 0 aliphatic carbocycles. The Balaban J connectivity index is 2.11. The number of fused-ring (bicyclic) bond motifs is 1. The van der Waals surface area contributed by atoms with Crippen molar-refractivity contribution in [3.05, 3.63) is 36.3 Å². The van der Waals surface area contributed by atoms with Crippen LogP contribution < -0.4 is 5.32 Å². The average Bonchev–Trinajstić information content (AvgIpc) is 2.86. The number of aliphatic carboxylic acids is 1. The second-order valence-corrected chi connectivity index (χ2v) is 4.60. The van der Waals surface area contributed by atoms with Gasteiger partial charge in [-0.1, -0.05) is 25.8 Å². The number of carboxylic acids is 1. The fourth-order valence-electron chi connectivity index (χ4n) is 1.94. The largest absolute Gasteiger partial charge is 0.480 e. The molecule has 1 amide bonds. The number of carbonyl (C=O) groups is 2. The van der Waals surface area contributed by atoms with Crippen molar-refractivity contribution in [2.45, 2.75) is 32.2 Å². The van der Waals surface area contributed by atoms with Crippen molar-refractivity contribution in [2.24, 2.45) is 0 Å². The molecule has 0 saturated heterocycles. The van der Waals surface area contributed by atoms with Gasteiger partial charge < -0.3 is 14.8 Å². The van der Waals surface area contributed by atoms with Gasteiger partial charge in [-0.15, -0.1) is 0 Å². The van der Waals surface area contributed by atoms with Crippen molar-refractivity contribution in [2.75, 3.05) is 0 Å². The molecule has 6 nitrogen and oxygen atoms in total. The number of aromatic nitrogens is 2. The Bertz CT molecular complexity index is 588. The van der Waals surface area contributed by atoms with Gasteiger partial charge in [0.1, 0.15) is 17.4 Å². The van der Waals surface area contributed by atoms with Crippen LogP contribution in [-0.4, -0.2) is 32.4 Å². The number of hydrogen-bond acceptors (Lipinski definition) is 3. The van der Waals surface area contributed by atoms with E-state index in [1.807, 2.05) is 19.1 Å². The van der Waals surface area contributed by atoms with Crippen LogP contribution in [0.5, 0.6) is 0 Å². The number of pyridine rings is 1. The van der Waals surface area contributed by atoms with Gasteiger partial charge in [0.05, 0.1) is 0 Å². The molecule has 0 bridgehead atoms. The molecule has 0 radical (unpaired) electrons. The van der Waals surface area contributed by atoms with Crippen molar-refractivity contribution in [3.63, 3.8) is 0 Å². The average molecular weight is 275 g/mol. The van der Waals surface area contributed by atoms with Crippen LogP contribution in [0.2, 0.25) is 0 Å². The summed E-state index contributed by atoms with van der Waals surface area (Å²) in [7, 11) is 0. The summed E-state index contributed by atoms with van der Waals surface area (Å²) in [5, 5.41) is 11.6. The predicted molar refractivity (Wildman–Crippen MR) is 73.6 cm³/mol. The Kier molecular flexibility index (Phi) is 4.34. The molecule has 2 N–H and O–H groups in total. The van der Waals surface area contributed by atoms with E-state index in [-0.39, 0.29) is 5.69 Å². The summed E-state index contributed by atoms with van der Waals surface area (Å²) in [5.74, 6) is -1.48. The smallest absolute Gasteiger partial charge is 0.326 e. The molecular formula is C14H17N3O3. The Morgan fingerprint density at radius 1 is 1.45 bits per heavy atom. The lowest BCUT2D eigenvalue weighted by molar-refractivity contribution is -0.139. The van der Waals surface area contributed by atoms with Gasteiger partial charge in [-0.25, -0.2) is 9.78 Å². The van der Waals surface area contributed by atoms with Gasteiger partial charge in [0, 0.05) is 12.4 Å². The van der Waals surface area contributed by atoms with E-state index in [2.05, 4.69) is 10.3 Å². The molecular weight excluding hydrogens is 258 g/mol. The predicted octanol–water partition coefficient (Wildman–Crippen LogP) is 1.71. The van der Waals surface area contributed by atoms with Gasteiger partial charge in [-0.05, 0) is 18.6 Å². The van der Waals surface area contributed by atoms with Crippen molar-refractivity contribution in [1.82, 2.24) is 14.7 Å². The molecule has 0 aliphatic heterocycles. The summed E-state index contributed by atoms with van der Waals surface area (Å²) in [6.45, 7) is 1.98. The lowest BCUT2D eigenvalue weighted by Gasteiger charge is -2.12. The minimum atomic E-state index is -1.02. The van der Waals surface area contributed by atoms with Gasteiger partial charge in [0.15, 0.2) is 0 Å². The first kappa shape index (κ1) is 14.0. The molecule has 1 atom stereocenters. The van der Waals surface area contributed by atoms with Gasteiger partial charge in [0.2, 0.25) is 0 Å². The molecule has 2 aromatic rings. The number of carbonyl (C=O) groups excluding carboxylic acids is 1. The second-order valence-electron chi connectivity index (χ2n) is 4.60. The Labute approximate surface area is 116 Å². The first-order valence-electron chi connectivity index (χ1n) is 6.59. The van der Waals surface area contributed by atoms with Crippen LogP contribution in [0.1, 0.15) is 36.7 Å². The molecule has 2 aromatic heterocycles. The Morgan fingerprint density at radius 3 is 2.90 bits per heavy atom. The molecule has 6 heteroatoms.